The lowest BCUT2D eigenvalue weighted by Gasteiger charge is -2.32. The van der Waals surface area contributed by atoms with E-state index in [9.17, 15) is 0 Å². The quantitative estimate of drug-likeness (QED) is 0.659. The number of rotatable bonds is 3. The van der Waals surface area contributed by atoms with Gasteiger partial charge in [-0.3, -0.25) is 0 Å². The van der Waals surface area contributed by atoms with Gasteiger partial charge in [0, 0.05) is 6.04 Å². The summed E-state index contributed by atoms with van der Waals surface area (Å²) in [6.45, 7) is 15.0. The largest absolute Gasteiger partial charge is 0.301 e. The van der Waals surface area contributed by atoms with E-state index in [-0.39, 0.29) is 0 Å². The van der Waals surface area contributed by atoms with Crippen molar-refractivity contribution in [3.05, 3.63) is 0 Å². The lowest BCUT2D eigenvalue weighted by atomic mass is 9.94. The Labute approximate surface area is 98.2 Å². The Morgan fingerprint density at radius 1 is 0.800 bits per heavy atom. The van der Waals surface area contributed by atoms with Gasteiger partial charge in [-0.05, 0) is 25.9 Å². The predicted molar refractivity (Wildman–Crippen MR) is 72.5 cm³/mol. The fraction of sp³-hybridized carbons (Fsp3) is 1.00. The highest BCUT2D eigenvalue weighted by atomic mass is 15.1. The summed E-state index contributed by atoms with van der Waals surface area (Å²) in [6, 6.07) is 0.916. The molecule has 0 saturated heterocycles. The Morgan fingerprint density at radius 3 is 1.53 bits per heavy atom. The zero-order chi connectivity index (χ0) is 12.1. The van der Waals surface area contributed by atoms with Crippen molar-refractivity contribution in [1.29, 1.82) is 0 Å². The van der Waals surface area contributed by atoms with E-state index in [1.807, 2.05) is 27.7 Å². The van der Waals surface area contributed by atoms with Gasteiger partial charge in [0.15, 0.2) is 0 Å². The summed E-state index contributed by atoms with van der Waals surface area (Å²) in [6.07, 6.45) is 7.28. The maximum atomic E-state index is 2.61. The lowest BCUT2D eigenvalue weighted by molar-refractivity contribution is 0.172. The number of hydrogen-bond acceptors (Lipinski definition) is 1. The lowest BCUT2D eigenvalue weighted by Crippen LogP contribution is -2.36. The summed E-state index contributed by atoms with van der Waals surface area (Å²) >= 11 is 0. The van der Waals surface area contributed by atoms with Crippen molar-refractivity contribution in [2.45, 2.75) is 79.7 Å². The smallest absolute Gasteiger partial charge is 0.00950 e. The Bertz CT molecular complexity index is 91.5. The fourth-order valence-electron chi connectivity index (χ4n) is 2.19. The molecular formula is C14H33N. The molecule has 0 spiro atoms. The molecule has 1 fully saturated rings. The van der Waals surface area contributed by atoms with E-state index in [0.29, 0.717) is 0 Å². The first-order chi connectivity index (χ1) is 7.38. The average Bonchev–Trinajstić information content (AvgIpc) is 2.37. The van der Waals surface area contributed by atoms with Crippen LogP contribution in [0.2, 0.25) is 0 Å². The van der Waals surface area contributed by atoms with Crippen molar-refractivity contribution < 1.29 is 0 Å². The highest BCUT2D eigenvalue weighted by molar-refractivity contribution is 4.73. The highest BCUT2D eigenvalue weighted by Crippen LogP contribution is 2.21. The van der Waals surface area contributed by atoms with E-state index in [1.165, 1.54) is 45.2 Å². The molecule has 0 N–H and O–H groups in total. The molecule has 0 aliphatic heterocycles. The van der Waals surface area contributed by atoms with E-state index in [1.54, 1.807) is 0 Å². The summed E-state index contributed by atoms with van der Waals surface area (Å²) in [5.74, 6) is 0. The molecule has 15 heavy (non-hydrogen) atoms. The topological polar surface area (TPSA) is 3.24 Å². The number of hydrogen-bond donors (Lipinski definition) is 0. The molecule has 0 heterocycles. The van der Waals surface area contributed by atoms with Gasteiger partial charge < -0.3 is 4.90 Å². The van der Waals surface area contributed by atoms with Crippen LogP contribution in [-0.4, -0.2) is 24.0 Å². The summed E-state index contributed by atoms with van der Waals surface area (Å²) in [5.41, 5.74) is 0. The van der Waals surface area contributed by atoms with Gasteiger partial charge in [-0.2, -0.15) is 0 Å². The molecule has 0 bridgehead atoms. The van der Waals surface area contributed by atoms with Crippen molar-refractivity contribution in [2.75, 3.05) is 13.1 Å². The molecule has 0 atom stereocenters. The molecule has 1 saturated carbocycles. The van der Waals surface area contributed by atoms with Crippen LogP contribution in [-0.2, 0) is 0 Å². The first-order valence-electron chi connectivity index (χ1n) is 7.12. The summed E-state index contributed by atoms with van der Waals surface area (Å²) in [7, 11) is 0. The zero-order valence-electron chi connectivity index (χ0n) is 12.0. The fourth-order valence-corrected chi connectivity index (χ4v) is 2.19. The Kier molecular flexibility index (Phi) is 16.2. The van der Waals surface area contributed by atoms with Gasteiger partial charge in [0.25, 0.3) is 0 Å². The normalized spacial score (nSPS) is 16.2. The molecule has 1 nitrogen and oxygen atoms in total. The Balaban J connectivity index is 0. The molecule has 0 aromatic heterocycles. The highest BCUT2D eigenvalue weighted by Gasteiger charge is 2.17. The van der Waals surface area contributed by atoms with Crippen molar-refractivity contribution in [3.8, 4) is 0 Å². The maximum absolute atomic E-state index is 2.61. The second kappa shape index (κ2) is 14.0. The van der Waals surface area contributed by atoms with E-state index in [0.717, 1.165) is 6.04 Å². The standard InChI is InChI=1S/C10H21N.2C2H6/c1-3-11(4-2)10-8-6-5-7-9-10;2*1-2/h10H,3-9H2,1-2H3;2*1-2H3. The van der Waals surface area contributed by atoms with Crippen molar-refractivity contribution in [1.82, 2.24) is 4.90 Å². The molecule has 1 aliphatic rings. The summed E-state index contributed by atoms with van der Waals surface area (Å²) < 4.78 is 0. The van der Waals surface area contributed by atoms with Gasteiger partial charge in [0.1, 0.15) is 0 Å². The minimum absolute atomic E-state index is 0.916. The van der Waals surface area contributed by atoms with Crippen LogP contribution >= 0.6 is 0 Å². The summed E-state index contributed by atoms with van der Waals surface area (Å²) in [5, 5.41) is 0. The monoisotopic (exact) mass is 215 g/mol. The SMILES string of the molecule is CC.CC.CCN(CC)C1CCCCC1. The average molecular weight is 215 g/mol. The molecule has 94 valence electrons. The van der Waals surface area contributed by atoms with E-state index >= 15 is 0 Å². The van der Waals surface area contributed by atoms with Crippen LogP contribution in [0.3, 0.4) is 0 Å². The van der Waals surface area contributed by atoms with Crippen molar-refractivity contribution in [2.24, 2.45) is 0 Å². The van der Waals surface area contributed by atoms with Crippen LogP contribution in [0, 0.1) is 0 Å². The van der Waals surface area contributed by atoms with E-state index < -0.39 is 0 Å². The van der Waals surface area contributed by atoms with Crippen LogP contribution in [0.4, 0.5) is 0 Å². The molecule has 1 rings (SSSR count). The van der Waals surface area contributed by atoms with Gasteiger partial charge in [-0.1, -0.05) is 60.8 Å². The molecule has 0 unspecified atom stereocenters. The van der Waals surface area contributed by atoms with Crippen LogP contribution in [0.25, 0.3) is 0 Å². The Morgan fingerprint density at radius 2 is 1.20 bits per heavy atom. The predicted octanol–water partition coefficient (Wildman–Crippen LogP) is 4.71. The third-order valence-electron chi connectivity index (χ3n) is 2.90. The molecule has 1 heteroatoms. The molecule has 0 aromatic rings. The third kappa shape index (κ3) is 7.84. The van der Waals surface area contributed by atoms with Gasteiger partial charge >= 0.3 is 0 Å². The summed E-state index contributed by atoms with van der Waals surface area (Å²) in [4.78, 5) is 2.61. The van der Waals surface area contributed by atoms with Crippen molar-refractivity contribution in [3.63, 3.8) is 0 Å². The van der Waals surface area contributed by atoms with Crippen LogP contribution in [0.15, 0.2) is 0 Å². The van der Waals surface area contributed by atoms with Crippen LogP contribution in [0.5, 0.6) is 0 Å². The second-order valence-electron chi connectivity index (χ2n) is 3.51. The van der Waals surface area contributed by atoms with E-state index in [4.69, 9.17) is 0 Å². The molecular weight excluding hydrogens is 182 g/mol. The van der Waals surface area contributed by atoms with Gasteiger partial charge in [0.05, 0.1) is 0 Å². The van der Waals surface area contributed by atoms with Gasteiger partial charge in [0.2, 0.25) is 0 Å². The Hall–Kier alpha value is -0.0400. The molecule has 0 aromatic carbocycles. The first-order valence-corrected chi connectivity index (χ1v) is 7.12. The van der Waals surface area contributed by atoms with Crippen LogP contribution < -0.4 is 0 Å². The molecule has 0 amide bonds. The third-order valence-corrected chi connectivity index (χ3v) is 2.90. The number of nitrogens with zero attached hydrogens (tertiary/aromatic N) is 1. The van der Waals surface area contributed by atoms with Gasteiger partial charge in [-0.25, -0.2) is 0 Å². The zero-order valence-corrected chi connectivity index (χ0v) is 12.0. The maximum Gasteiger partial charge on any atom is 0.00950 e. The minimum atomic E-state index is 0.916. The molecule has 1 aliphatic carbocycles. The van der Waals surface area contributed by atoms with E-state index in [2.05, 4.69) is 18.7 Å². The van der Waals surface area contributed by atoms with Gasteiger partial charge in [-0.15, -0.1) is 0 Å². The van der Waals surface area contributed by atoms with Crippen LogP contribution in [0.1, 0.15) is 73.6 Å². The first kappa shape index (κ1) is 17.4. The molecule has 0 radical (unpaired) electrons. The second-order valence-corrected chi connectivity index (χ2v) is 3.51. The minimum Gasteiger partial charge on any atom is -0.301 e. The van der Waals surface area contributed by atoms with Crippen molar-refractivity contribution >= 4 is 0 Å².